The van der Waals surface area contributed by atoms with E-state index in [2.05, 4.69) is 20.7 Å². The van der Waals surface area contributed by atoms with Gasteiger partial charge in [0.15, 0.2) is 0 Å². The Morgan fingerprint density at radius 3 is 2.57 bits per heavy atom. The first-order valence-electron chi connectivity index (χ1n) is 6.73. The van der Waals surface area contributed by atoms with Gasteiger partial charge in [0.05, 0.1) is 24.4 Å². The summed E-state index contributed by atoms with van der Waals surface area (Å²) < 4.78 is 1.66. The average Bonchev–Trinajstić information content (AvgIpc) is 3.01. The van der Waals surface area contributed by atoms with Crippen molar-refractivity contribution in [3.63, 3.8) is 0 Å². The predicted molar refractivity (Wildman–Crippen MR) is 78.0 cm³/mol. The number of aromatic nitrogens is 3. The number of hydrogen-bond acceptors (Lipinski definition) is 4. The lowest BCUT2D eigenvalue weighted by Crippen LogP contribution is -2.43. The summed E-state index contributed by atoms with van der Waals surface area (Å²) in [5, 5.41) is 18.4. The highest BCUT2D eigenvalue weighted by molar-refractivity contribution is 5.74. The van der Waals surface area contributed by atoms with E-state index in [1.165, 1.54) is 6.33 Å². The second-order valence-corrected chi connectivity index (χ2v) is 4.85. The van der Waals surface area contributed by atoms with Crippen molar-refractivity contribution in [3.8, 4) is 5.69 Å². The largest absolute Gasteiger partial charge is 0.394 e. The molecule has 7 nitrogen and oxygen atoms in total. The first-order valence-corrected chi connectivity index (χ1v) is 6.73. The fourth-order valence-electron chi connectivity index (χ4n) is 1.85. The van der Waals surface area contributed by atoms with Crippen LogP contribution in [0.15, 0.2) is 36.9 Å². The van der Waals surface area contributed by atoms with E-state index in [0.29, 0.717) is 0 Å². The molecule has 21 heavy (non-hydrogen) atoms. The number of amides is 2. The minimum atomic E-state index is -0.301. The molecule has 2 aromatic rings. The van der Waals surface area contributed by atoms with Gasteiger partial charge in [0.2, 0.25) is 0 Å². The molecule has 0 radical (unpaired) electrons. The van der Waals surface area contributed by atoms with Crippen LogP contribution in [0.4, 0.5) is 4.79 Å². The maximum Gasteiger partial charge on any atom is 0.315 e. The third kappa shape index (κ3) is 4.03. The zero-order valence-electron chi connectivity index (χ0n) is 12.0. The second-order valence-electron chi connectivity index (χ2n) is 4.85. The van der Waals surface area contributed by atoms with Gasteiger partial charge in [0.25, 0.3) is 0 Å². The van der Waals surface area contributed by atoms with Gasteiger partial charge >= 0.3 is 6.03 Å². The van der Waals surface area contributed by atoms with E-state index in [0.717, 1.165) is 11.3 Å². The van der Waals surface area contributed by atoms with Crippen LogP contribution in [0.5, 0.6) is 0 Å². The number of carbonyl (C=O) groups is 1. The Morgan fingerprint density at radius 1 is 1.29 bits per heavy atom. The van der Waals surface area contributed by atoms with Gasteiger partial charge in [-0.15, -0.1) is 0 Å². The summed E-state index contributed by atoms with van der Waals surface area (Å²) in [7, 11) is 0. The van der Waals surface area contributed by atoms with Crippen molar-refractivity contribution >= 4 is 6.03 Å². The van der Waals surface area contributed by atoms with Gasteiger partial charge in [0, 0.05) is 0 Å². The van der Waals surface area contributed by atoms with Gasteiger partial charge in [-0.1, -0.05) is 12.1 Å². The monoisotopic (exact) mass is 289 g/mol. The van der Waals surface area contributed by atoms with Crippen LogP contribution in [0.2, 0.25) is 0 Å². The zero-order chi connectivity index (χ0) is 15.2. The molecule has 2 atom stereocenters. The number of carbonyl (C=O) groups excluding carboxylic acids is 1. The molecule has 112 valence electrons. The van der Waals surface area contributed by atoms with Crippen LogP contribution in [0.25, 0.3) is 5.69 Å². The van der Waals surface area contributed by atoms with Crippen LogP contribution < -0.4 is 10.6 Å². The highest BCUT2D eigenvalue weighted by Crippen LogP contribution is 2.14. The van der Waals surface area contributed by atoms with E-state index in [-0.39, 0.29) is 24.7 Å². The maximum absolute atomic E-state index is 11.7. The third-order valence-corrected chi connectivity index (χ3v) is 3.08. The molecule has 0 saturated carbocycles. The van der Waals surface area contributed by atoms with Crippen molar-refractivity contribution in [3.05, 3.63) is 42.5 Å². The Morgan fingerprint density at radius 2 is 2.00 bits per heavy atom. The standard InChI is InChI=1S/C14H19N5O2/c1-10(7-20)17-14(21)18-11(2)12-3-5-13(6-4-12)19-9-15-8-16-19/h3-6,8-11,20H,7H2,1-2H3,(H2,17,18,21). The number of benzene rings is 1. The van der Waals surface area contributed by atoms with Gasteiger partial charge in [-0.2, -0.15) is 5.10 Å². The number of aliphatic hydroxyl groups is 1. The highest BCUT2D eigenvalue weighted by Gasteiger charge is 2.11. The number of nitrogens with zero attached hydrogens (tertiary/aromatic N) is 3. The van der Waals surface area contributed by atoms with Crippen LogP contribution in [0.3, 0.4) is 0 Å². The lowest BCUT2D eigenvalue weighted by atomic mass is 10.1. The lowest BCUT2D eigenvalue weighted by molar-refractivity contribution is 0.218. The maximum atomic E-state index is 11.7. The van der Waals surface area contributed by atoms with E-state index in [1.54, 1.807) is 17.9 Å². The van der Waals surface area contributed by atoms with Gasteiger partial charge < -0.3 is 15.7 Å². The molecule has 1 heterocycles. The quantitative estimate of drug-likeness (QED) is 0.766. The zero-order valence-corrected chi connectivity index (χ0v) is 12.0. The average molecular weight is 289 g/mol. The highest BCUT2D eigenvalue weighted by atomic mass is 16.3. The van der Waals surface area contributed by atoms with Gasteiger partial charge in [-0.25, -0.2) is 14.5 Å². The number of urea groups is 1. The van der Waals surface area contributed by atoms with E-state index < -0.39 is 0 Å². The minimum Gasteiger partial charge on any atom is -0.394 e. The number of aliphatic hydroxyl groups excluding tert-OH is 1. The molecule has 0 bridgehead atoms. The minimum absolute atomic E-state index is 0.0889. The summed E-state index contributed by atoms with van der Waals surface area (Å²) in [5.74, 6) is 0. The summed E-state index contributed by atoms with van der Waals surface area (Å²) in [4.78, 5) is 15.6. The molecule has 7 heteroatoms. The first-order chi connectivity index (χ1) is 10.1. The first kappa shape index (κ1) is 15.0. The molecule has 0 spiro atoms. The topological polar surface area (TPSA) is 92.1 Å². The normalized spacial score (nSPS) is 13.5. The summed E-state index contributed by atoms with van der Waals surface area (Å²) in [6, 6.07) is 6.97. The van der Waals surface area contributed by atoms with Crippen molar-refractivity contribution in [2.24, 2.45) is 0 Å². The van der Waals surface area contributed by atoms with Crippen molar-refractivity contribution in [2.75, 3.05) is 6.61 Å². The third-order valence-electron chi connectivity index (χ3n) is 3.08. The summed E-state index contributed by atoms with van der Waals surface area (Å²) in [6.07, 6.45) is 3.10. The van der Waals surface area contributed by atoms with Crippen LogP contribution in [0, 0.1) is 0 Å². The van der Waals surface area contributed by atoms with E-state index in [9.17, 15) is 4.79 Å². The molecule has 1 aromatic heterocycles. The molecule has 0 aliphatic carbocycles. The Hall–Kier alpha value is -2.41. The Bertz CT molecular complexity index is 568. The molecule has 0 saturated heterocycles. The fraction of sp³-hybridized carbons (Fsp3) is 0.357. The van der Waals surface area contributed by atoms with E-state index in [4.69, 9.17) is 5.11 Å². The lowest BCUT2D eigenvalue weighted by Gasteiger charge is -2.17. The van der Waals surface area contributed by atoms with Crippen LogP contribution in [-0.4, -0.2) is 38.6 Å². The van der Waals surface area contributed by atoms with Crippen LogP contribution in [-0.2, 0) is 0 Å². The van der Waals surface area contributed by atoms with Crippen LogP contribution in [0.1, 0.15) is 25.5 Å². The number of hydrogen-bond donors (Lipinski definition) is 3. The SMILES string of the molecule is CC(CO)NC(=O)NC(C)c1ccc(-n2cncn2)cc1. The molecule has 2 amide bonds. The number of nitrogens with one attached hydrogen (secondary N) is 2. The predicted octanol–water partition coefficient (Wildman–Crippen LogP) is 1.01. The Balaban J connectivity index is 1.97. The molecule has 2 unspecified atom stereocenters. The van der Waals surface area contributed by atoms with E-state index in [1.807, 2.05) is 31.2 Å². The Kier molecular flexibility index (Phi) is 4.89. The molecule has 0 aliphatic rings. The smallest absolute Gasteiger partial charge is 0.315 e. The second kappa shape index (κ2) is 6.85. The summed E-state index contributed by atoms with van der Waals surface area (Å²) >= 11 is 0. The number of rotatable bonds is 5. The van der Waals surface area contributed by atoms with Crippen molar-refractivity contribution in [1.82, 2.24) is 25.4 Å². The molecular formula is C14H19N5O2. The summed E-state index contributed by atoms with van der Waals surface area (Å²) in [6.45, 7) is 3.54. The van der Waals surface area contributed by atoms with Crippen molar-refractivity contribution in [2.45, 2.75) is 25.9 Å². The van der Waals surface area contributed by atoms with Gasteiger partial charge in [0.1, 0.15) is 12.7 Å². The van der Waals surface area contributed by atoms with Crippen molar-refractivity contribution in [1.29, 1.82) is 0 Å². The molecule has 1 aromatic carbocycles. The fourth-order valence-corrected chi connectivity index (χ4v) is 1.85. The van der Waals surface area contributed by atoms with E-state index >= 15 is 0 Å². The molecule has 2 rings (SSSR count). The molecular weight excluding hydrogens is 270 g/mol. The molecule has 0 aliphatic heterocycles. The van der Waals surface area contributed by atoms with Gasteiger partial charge in [-0.05, 0) is 31.5 Å². The molecule has 3 N–H and O–H groups in total. The van der Waals surface area contributed by atoms with Crippen LogP contribution >= 0.6 is 0 Å². The van der Waals surface area contributed by atoms with Crippen molar-refractivity contribution < 1.29 is 9.90 Å². The summed E-state index contributed by atoms with van der Waals surface area (Å²) in [5.41, 5.74) is 1.88. The Labute approximate surface area is 123 Å². The van der Waals surface area contributed by atoms with Gasteiger partial charge in [-0.3, -0.25) is 0 Å². The molecule has 0 fully saturated rings.